The standard InChI is InChI=1S/C21H24ClFN4O4/c1-3-31-21(30)15-9-27(13-4-5-13)19-14(18(15)29)6-17(23)20(25-19)26-8-12(16(22)10-26)7-24-11(2)28/h6,9,12-13,16H,3-5,7-8,10H2,1-2H3,(H,24,28). The zero-order chi connectivity index (χ0) is 22.3. The van der Waals surface area contributed by atoms with Gasteiger partial charge < -0.3 is 19.5 Å². The number of fused-ring (bicyclic) bond motifs is 1. The van der Waals surface area contributed by atoms with Gasteiger partial charge in [-0.1, -0.05) is 0 Å². The molecule has 1 saturated carbocycles. The average Bonchev–Trinajstić information content (AvgIpc) is 3.49. The summed E-state index contributed by atoms with van der Waals surface area (Å²) in [7, 11) is 0. The van der Waals surface area contributed by atoms with Crippen molar-refractivity contribution in [2.24, 2.45) is 5.92 Å². The van der Waals surface area contributed by atoms with Gasteiger partial charge in [0.15, 0.2) is 11.6 Å². The smallest absolute Gasteiger partial charge is 0.343 e. The van der Waals surface area contributed by atoms with Gasteiger partial charge in [-0.15, -0.1) is 11.6 Å². The number of aromatic nitrogens is 2. The lowest BCUT2D eigenvalue weighted by Gasteiger charge is -2.20. The molecule has 0 radical (unpaired) electrons. The van der Waals surface area contributed by atoms with Crippen molar-refractivity contribution in [1.82, 2.24) is 14.9 Å². The Bertz CT molecular complexity index is 1100. The summed E-state index contributed by atoms with van der Waals surface area (Å²) in [5, 5.41) is 2.52. The molecule has 166 valence electrons. The fraction of sp³-hybridized carbons (Fsp3) is 0.524. The van der Waals surface area contributed by atoms with E-state index in [2.05, 4.69) is 10.3 Å². The summed E-state index contributed by atoms with van der Waals surface area (Å²) in [5.41, 5.74) is -0.371. The number of nitrogens with one attached hydrogen (secondary N) is 1. The van der Waals surface area contributed by atoms with Crippen LogP contribution in [0.5, 0.6) is 0 Å². The molecule has 1 N–H and O–H groups in total. The number of ether oxygens (including phenoxy) is 1. The van der Waals surface area contributed by atoms with Gasteiger partial charge in [-0.2, -0.15) is 0 Å². The number of hydrogen-bond donors (Lipinski definition) is 1. The highest BCUT2D eigenvalue weighted by molar-refractivity contribution is 6.21. The van der Waals surface area contributed by atoms with Crippen molar-refractivity contribution in [2.45, 2.75) is 38.1 Å². The Morgan fingerprint density at radius 2 is 2.10 bits per heavy atom. The van der Waals surface area contributed by atoms with Crippen LogP contribution in [-0.4, -0.2) is 53.0 Å². The van der Waals surface area contributed by atoms with Crippen LogP contribution in [0.4, 0.5) is 10.2 Å². The van der Waals surface area contributed by atoms with Crippen molar-refractivity contribution >= 4 is 40.3 Å². The Balaban J connectivity index is 1.74. The molecule has 2 aliphatic rings. The van der Waals surface area contributed by atoms with Gasteiger partial charge in [0.2, 0.25) is 11.3 Å². The number of halogens is 2. The minimum atomic E-state index is -0.723. The lowest BCUT2D eigenvalue weighted by molar-refractivity contribution is -0.119. The number of carbonyl (C=O) groups excluding carboxylic acids is 2. The summed E-state index contributed by atoms with van der Waals surface area (Å²) in [6.45, 7) is 4.42. The van der Waals surface area contributed by atoms with E-state index in [1.807, 2.05) is 0 Å². The number of hydrogen-bond acceptors (Lipinski definition) is 6. The molecule has 0 bridgehead atoms. The minimum Gasteiger partial charge on any atom is -0.462 e. The quantitative estimate of drug-likeness (QED) is 0.536. The molecule has 2 aromatic heterocycles. The van der Waals surface area contributed by atoms with Gasteiger partial charge in [-0.05, 0) is 25.8 Å². The summed E-state index contributed by atoms with van der Waals surface area (Å²) in [6, 6.07) is 1.25. The van der Waals surface area contributed by atoms with Crippen LogP contribution >= 0.6 is 11.6 Å². The van der Waals surface area contributed by atoms with Crippen LogP contribution in [-0.2, 0) is 9.53 Å². The molecule has 0 spiro atoms. The highest BCUT2D eigenvalue weighted by Gasteiger charge is 2.35. The minimum absolute atomic E-state index is 0.0510. The third-order valence-electron chi connectivity index (χ3n) is 5.65. The summed E-state index contributed by atoms with van der Waals surface area (Å²) in [4.78, 5) is 42.6. The van der Waals surface area contributed by atoms with E-state index in [4.69, 9.17) is 16.3 Å². The maximum absolute atomic E-state index is 15.1. The molecule has 8 nitrogen and oxygen atoms in total. The largest absolute Gasteiger partial charge is 0.462 e. The third-order valence-corrected chi connectivity index (χ3v) is 6.14. The highest BCUT2D eigenvalue weighted by Crippen LogP contribution is 2.37. The maximum Gasteiger partial charge on any atom is 0.343 e. The lowest BCUT2D eigenvalue weighted by atomic mass is 10.1. The second-order valence-corrected chi connectivity index (χ2v) is 8.57. The fourth-order valence-corrected chi connectivity index (χ4v) is 4.25. The van der Waals surface area contributed by atoms with Gasteiger partial charge in [-0.3, -0.25) is 9.59 Å². The molecule has 0 aromatic carbocycles. The predicted molar refractivity (Wildman–Crippen MR) is 114 cm³/mol. The highest BCUT2D eigenvalue weighted by atomic mass is 35.5. The van der Waals surface area contributed by atoms with Crippen molar-refractivity contribution in [3.05, 3.63) is 33.9 Å². The van der Waals surface area contributed by atoms with Crippen LogP contribution in [0.3, 0.4) is 0 Å². The number of esters is 1. The molecule has 10 heteroatoms. The van der Waals surface area contributed by atoms with Crippen molar-refractivity contribution < 1.29 is 18.7 Å². The van der Waals surface area contributed by atoms with Crippen molar-refractivity contribution in [3.63, 3.8) is 0 Å². The topological polar surface area (TPSA) is 93.5 Å². The molecule has 1 aliphatic carbocycles. The van der Waals surface area contributed by atoms with Gasteiger partial charge >= 0.3 is 5.97 Å². The molecule has 2 unspecified atom stereocenters. The molecule has 2 fully saturated rings. The molecule has 1 saturated heterocycles. The number of carbonyl (C=O) groups is 2. The Morgan fingerprint density at radius 3 is 2.74 bits per heavy atom. The summed E-state index contributed by atoms with van der Waals surface area (Å²) >= 11 is 6.43. The number of alkyl halides is 1. The van der Waals surface area contributed by atoms with E-state index in [0.29, 0.717) is 25.3 Å². The number of amides is 1. The molecule has 2 atom stereocenters. The lowest BCUT2D eigenvalue weighted by Crippen LogP contribution is -2.31. The van der Waals surface area contributed by atoms with Gasteiger partial charge in [0.05, 0.1) is 17.4 Å². The van der Waals surface area contributed by atoms with Crippen molar-refractivity contribution in [3.8, 4) is 0 Å². The van der Waals surface area contributed by atoms with E-state index in [0.717, 1.165) is 18.9 Å². The molecule has 1 amide bonds. The molecular formula is C21H24ClFN4O4. The van der Waals surface area contributed by atoms with E-state index in [1.54, 1.807) is 16.4 Å². The first kappa shape index (κ1) is 21.5. The maximum atomic E-state index is 15.1. The SMILES string of the molecule is CCOC(=O)c1cn(C2CC2)c2nc(N3CC(Cl)C(CNC(C)=O)C3)c(F)cc2c1=O. The Hall–Kier alpha value is -2.68. The number of anilines is 1. The molecule has 3 heterocycles. The first-order chi connectivity index (χ1) is 14.8. The van der Waals surface area contributed by atoms with E-state index in [-0.39, 0.29) is 46.6 Å². The normalized spacial score (nSPS) is 20.8. The van der Waals surface area contributed by atoms with Gasteiger partial charge in [0, 0.05) is 44.7 Å². The first-order valence-corrected chi connectivity index (χ1v) is 10.8. The molecule has 31 heavy (non-hydrogen) atoms. The van der Waals surface area contributed by atoms with Crippen molar-refractivity contribution in [2.75, 3.05) is 31.1 Å². The van der Waals surface area contributed by atoms with Gasteiger partial charge in [0.1, 0.15) is 11.2 Å². The summed E-state index contributed by atoms with van der Waals surface area (Å²) < 4.78 is 21.8. The van der Waals surface area contributed by atoms with Gasteiger partial charge in [-0.25, -0.2) is 14.2 Å². The van der Waals surface area contributed by atoms with E-state index >= 15 is 4.39 Å². The van der Waals surface area contributed by atoms with E-state index in [1.165, 1.54) is 13.1 Å². The average molecular weight is 451 g/mol. The second-order valence-electron chi connectivity index (χ2n) is 8.01. The number of rotatable bonds is 6. The molecule has 4 rings (SSSR count). The Labute approximate surface area is 183 Å². The summed E-state index contributed by atoms with van der Waals surface area (Å²) in [5.74, 6) is -1.47. The Kier molecular flexibility index (Phi) is 5.88. The molecular weight excluding hydrogens is 427 g/mol. The Morgan fingerprint density at radius 1 is 1.35 bits per heavy atom. The van der Waals surface area contributed by atoms with E-state index < -0.39 is 17.2 Å². The van der Waals surface area contributed by atoms with Crippen LogP contribution in [0.2, 0.25) is 0 Å². The molecule has 1 aliphatic heterocycles. The van der Waals surface area contributed by atoms with Crippen molar-refractivity contribution in [1.29, 1.82) is 0 Å². The van der Waals surface area contributed by atoms with Crippen LogP contribution in [0.1, 0.15) is 43.1 Å². The van der Waals surface area contributed by atoms with Crippen LogP contribution in [0.25, 0.3) is 11.0 Å². The monoisotopic (exact) mass is 450 g/mol. The predicted octanol–water partition coefficient (Wildman–Crippen LogP) is 2.23. The first-order valence-electron chi connectivity index (χ1n) is 10.4. The fourth-order valence-electron chi connectivity index (χ4n) is 3.92. The van der Waals surface area contributed by atoms with E-state index in [9.17, 15) is 14.4 Å². The van der Waals surface area contributed by atoms with Crippen LogP contribution in [0.15, 0.2) is 17.1 Å². The third kappa shape index (κ3) is 4.23. The molecule has 2 aromatic rings. The van der Waals surface area contributed by atoms with Crippen LogP contribution < -0.4 is 15.6 Å². The number of pyridine rings is 2. The zero-order valence-electron chi connectivity index (χ0n) is 17.4. The summed E-state index contributed by atoms with van der Waals surface area (Å²) in [6.07, 6.45) is 3.25. The zero-order valence-corrected chi connectivity index (χ0v) is 18.1. The van der Waals surface area contributed by atoms with Crippen LogP contribution in [0, 0.1) is 11.7 Å². The second kappa shape index (κ2) is 8.45. The number of nitrogens with zero attached hydrogens (tertiary/aromatic N) is 3. The van der Waals surface area contributed by atoms with Gasteiger partial charge in [0.25, 0.3) is 0 Å².